The van der Waals surface area contributed by atoms with E-state index in [4.69, 9.17) is 0 Å². The third-order valence-corrected chi connectivity index (χ3v) is 2.48. The van der Waals surface area contributed by atoms with Crippen LogP contribution in [0.25, 0.3) is 0 Å². The number of nitrogens with zero attached hydrogens (tertiary/aromatic N) is 1. The average molecular weight is 156 g/mol. The molecule has 1 aliphatic heterocycles. The van der Waals surface area contributed by atoms with Crippen LogP contribution in [0.2, 0.25) is 0 Å². The van der Waals surface area contributed by atoms with Crippen LogP contribution in [-0.4, -0.2) is 36.1 Å². The van der Waals surface area contributed by atoms with Crippen molar-refractivity contribution in [2.45, 2.75) is 45.8 Å². The Hall–Kier alpha value is -0.0800. The molecule has 2 nitrogen and oxygen atoms in total. The predicted octanol–water partition coefficient (Wildman–Crippen LogP) is 1.08. The first kappa shape index (κ1) is 9.01. The van der Waals surface area contributed by atoms with E-state index in [9.17, 15) is 0 Å². The van der Waals surface area contributed by atoms with E-state index in [0.717, 1.165) is 6.54 Å². The van der Waals surface area contributed by atoms with Crippen LogP contribution in [-0.2, 0) is 0 Å². The van der Waals surface area contributed by atoms with Crippen LogP contribution in [0.15, 0.2) is 0 Å². The van der Waals surface area contributed by atoms with E-state index < -0.39 is 0 Å². The summed E-state index contributed by atoms with van der Waals surface area (Å²) >= 11 is 0. The summed E-state index contributed by atoms with van der Waals surface area (Å²) in [4.78, 5) is 2.56. The van der Waals surface area contributed by atoms with E-state index in [0.29, 0.717) is 18.1 Å². The first-order chi connectivity index (χ1) is 5.11. The van der Waals surface area contributed by atoms with Crippen LogP contribution in [0.3, 0.4) is 0 Å². The quantitative estimate of drug-likeness (QED) is 0.611. The Balaban J connectivity index is 2.47. The summed E-state index contributed by atoms with van der Waals surface area (Å²) in [5.41, 5.74) is 0. The molecule has 0 saturated carbocycles. The minimum Gasteiger partial charge on any atom is -0.311 e. The Labute approximate surface area is 70.0 Å². The second kappa shape index (κ2) is 3.55. The number of hydrogen-bond donors (Lipinski definition) is 1. The summed E-state index contributed by atoms with van der Waals surface area (Å²) < 4.78 is 0. The van der Waals surface area contributed by atoms with Gasteiger partial charge in [-0.2, -0.15) is 0 Å². The van der Waals surface area contributed by atoms with Crippen LogP contribution in [0.1, 0.15) is 27.7 Å². The topological polar surface area (TPSA) is 15.3 Å². The van der Waals surface area contributed by atoms with E-state index in [1.807, 2.05) is 0 Å². The Morgan fingerprint density at radius 3 is 2.45 bits per heavy atom. The summed E-state index contributed by atoms with van der Waals surface area (Å²) in [7, 11) is 0. The maximum Gasteiger partial charge on any atom is 0.0195 e. The molecule has 0 aromatic heterocycles. The van der Waals surface area contributed by atoms with Crippen LogP contribution in [0, 0.1) is 0 Å². The summed E-state index contributed by atoms with van der Waals surface area (Å²) in [5.74, 6) is 0. The van der Waals surface area contributed by atoms with Gasteiger partial charge in [0.25, 0.3) is 0 Å². The molecule has 1 N–H and O–H groups in total. The van der Waals surface area contributed by atoms with Gasteiger partial charge < -0.3 is 5.32 Å². The molecule has 1 saturated heterocycles. The highest BCUT2D eigenvalue weighted by Crippen LogP contribution is 2.09. The molecule has 0 amide bonds. The smallest absolute Gasteiger partial charge is 0.0195 e. The normalized spacial score (nSPS) is 34.6. The number of nitrogens with one attached hydrogen (secondary N) is 1. The number of hydrogen-bond acceptors (Lipinski definition) is 2. The lowest BCUT2D eigenvalue weighted by Gasteiger charge is -2.40. The molecule has 1 heterocycles. The maximum absolute atomic E-state index is 3.47. The molecule has 11 heavy (non-hydrogen) atoms. The van der Waals surface area contributed by atoms with Crippen LogP contribution in [0.4, 0.5) is 0 Å². The molecule has 2 atom stereocenters. The molecule has 2 heteroatoms. The summed E-state index contributed by atoms with van der Waals surface area (Å²) in [6.45, 7) is 11.4. The summed E-state index contributed by atoms with van der Waals surface area (Å²) in [5, 5.41) is 3.47. The van der Waals surface area contributed by atoms with Crippen molar-refractivity contribution in [1.82, 2.24) is 10.2 Å². The zero-order chi connectivity index (χ0) is 8.43. The minimum atomic E-state index is 0.661. The summed E-state index contributed by atoms with van der Waals surface area (Å²) in [6, 6.07) is 2.05. The highest BCUT2D eigenvalue weighted by atomic mass is 15.2. The van der Waals surface area contributed by atoms with Gasteiger partial charge in [-0.3, -0.25) is 4.90 Å². The lowest BCUT2D eigenvalue weighted by Crippen LogP contribution is -2.56. The average Bonchev–Trinajstić information content (AvgIpc) is 1.94. The highest BCUT2D eigenvalue weighted by molar-refractivity contribution is 4.82. The largest absolute Gasteiger partial charge is 0.311 e. The molecule has 66 valence electrons. The Bertz CT molecular complexity index is 123. The molecular weight excluding hydrogens is 136 g/mol. The zero-order valence-corrected chi connectivity index (χ0v) is 8.09. The van der Waals surface area contributed by atoms with Crippen molar-refractivity contribution in [2.24, 2.45) is 0 Å². The third-order valence-electron chi connectivity index (χ3n) is 2.48. The van der Waals surface area contributed by atoms with Crippen LogP contribution >= 0.6 is 0 Å². The molecule has 0 bridgehead atoms. The number of piperazine rings is 1. The first-order valence-corrected chi connectivity index (χ1v) is 4.60. The van der Waals surface area contributed by atoms with Gasteiger partial charge in [-0.25, -0.2) is 0 Å². The maximum atomic E-state index is 3.47. The van der Waals surface area contributed by atoms with Gasteiger partial charge >= 0.3 is 0 Å². The van der Waals surface area contributed by atoms with Crippen molar-refractivity contribution in [3.05, 3.63) is 0 Å². The van der Waals surface area contributed by atoms with E-state index in [-0.39, 0.29) is 0 Å². The fourth-order valence-corrected chi connectivity index (χ4v) is 1.77. The lowest BCUT2D eigenvalue weighted by molar-refractivity contribution is 0.112. The van der Waals surface area contributed by atoms with E-state index >= 15 is 0 Å². The second-order valence-electron chi connectivity index (χ2n) is 3.95. The molecule has 1 fully saturated rings. The molecule has 0 aromatic rings. The lowest BCUT2D eigenvalue weighted by atomic mass is 10.1. The van der Waals surface area contributed by atoms with Crippen molar-refractivity contribution < 1.29 is 0 Å². The fourth-order valence-electron chi connectivity index (χ4n) is 1.77. The molecule has 0 radical (unpaired) electrons. The second-order valence-corrected chi connectivity index (χ2v) is 3.95. The van der Waals surface area contributed by atoms with Crippen molar-refractivity contribution in [3.8, 4) is 0 Å². The molecule has 0 unspecified atom stereocenters. The molecule has 1 aliphatic rings. The molecule has 0 aromatic carbocycles. The van der Waals surface area contributed by atoms with E-state index in [2.05, 4.69) is 37.9 Å². The van der Waals surface area contributed by atoms with Crippen LogP contribution < -0.4 is 5.32 Å². The molecule has 0 aliphatic carbocycles. The Morgan fingerprint density at radius 2 is 2.00 bits per heavy atom. The highest BCUT2D eigenvalue weighted by Gasteiger charge is 2.23. The van der Waals surface area contributed by atoms with Gasteiger partial charge in [-0.1, -0.05) is 0 Å². The standard InChI is InChI=1S/C9H20N2/c1-7(2)11-6-8(3)10-5-9(11)4/h7-10H,5-6H2,1-4H3/t8-,9-/m0/s1. The zero-order valence-electron chi connectivity index (χ0n) is 8.09. The van der Waals surface area contributed by atoms with Gasteiger partial charge in [0, 0.05) is 31.2 Å². The van der Waals surface area contributed by atoms with Crippen molar-refractivity contribution in [2.75, 3.05) is 13.1 Å². The molecular formula is C9H20N2. The van der Waals surface area contributed by atoms with Crippen molar-refractivity contribution >= 4 is 0 Å². The fraction of sp³-hybridized carbons (Fsp3) is 1.00. The van der Waals surface area contributed by atoms with E-state index in [1.54, 1.807) is 0 Å². The van der Waals surface area contributed by atoms with Gasteiger partial charge in [0.05, 0.1) is 0 Å². The number of rotatable bonds is 1. The van der Waals surface area contributed by atoms with Crippen LogP contribution in [0.5, 0.6) is 0 Å². The van der Waals surface area contributed by atoms with Gasteiger partial charge in [-0.05, 0) is 27.7 Å². The predicted molar refractivity (Wildman–Crippen MR) is 48.8 cm³/mol. The van der Waals surface area contributed by atoms with E-state index in [1.165, 1.54) is 6.54 Å². The molecule has 0 spiro atoms. The van der Waals surface area contributed by atoms with Gasteiger partial charge in [-0.15, -0.1) is 0 Å². The van der Waals surface area contributed by atoms with Crippen molar-refractivity contribution in [1.29, 1.82) is 0 Å². The minimum absolute atomic E-state index is 0.661. The summed E-state index contributed by atoms with van der Waals surface area (Å²) in [6.07, 6.45) is 0. The van der Waals surface area contributed by atoms with Gasteiger partial charge in [0.2, 0.25) is 0 Å². The van der Waals surface area contributed by atoms with Gasteiger partial charge in [0.15, 0.2) is 0 Å². The Kier molecular flexibility index (Phi) is 2.90. The van der Waals surface area contributed by atoms with Gasteiger partial charge in [0.1, 0.15) is 0 Å². The molecule has 1 rings (SSSR count). The first-order valence-electron chi connectivity index (χ1n) is 4.60. The van der Waals surface area contributed by atoms with Crippen molar-refractivity contribution in [3.63, 3.8) is 0 Å². The third kappa shape index (κ3) is 2.17. The monoisotopic (exact) mass is 156 g/mol. The Morgan fingerprint density at radius 1 is 1.36 bits per heavy atom. The SMILES string of the molecule is CC(C)N1C[C@H](C)NC[C@@H]1C.